The number of carbonyl (C=O) groups is 2. The molecule has 3 aliphatic rings. The third-order valence-electron chi connectivity index (χ3n) is 7.63. The van der Waals surface area contributed by atoms with Gasteiger partial charge in [0.2, 0.25) is 11.8 Å². The molecule has 4 heteroatoms. The van der Waals surface area contributed by atoms with Crippen molar-refractivity contribution in [1.29, 1.82) is 0 Å². The molecule has 1 saturated heterocycles. The summed E-state index contributed by atoms with van der Waals surface area (Å²) in [5.74, 6) is 1.28. The van der Waals surface area contributed by atoms with Crippen molar-refractivity contribution in [3.05, 3.63) is 35.4 Å². The number of rotatable bonds is 5. The fourth-order valence-corrected chi connectivity index (χ4v) is 5.67. The maximum absolute atomic E-state index is 12.8. The molecule has 1 heterocycles. The molecule has 2 amide bonds. The van der Waals surface area contributed by atoms with Gasteiger partial charge in [-0.25, -0.2) is 0 Å². The van der Waals surface area contributed by atoms with E-state index in [2.05, 4.69) is 43.0 Å². The average Bonchev–Trinajstić information content (AvgIpc) is 2.95. The minimum absolute atomic E-state index is 0.154. The van der Waals surface area contributed by atoms with Crippen LogP contribution in [0.1, 0.15) is 75.8 Å². The van der Waals surface area contributed by atoms with Crippen molar-refractivity contribution < 1.29 is 9.59 Å². The number of hydrogen-bond donors (Lipinski definition) is 0. The van der Waals surface area contributed by atoms with Crippen LogP contribution in [0.5, 0.6) is 0 Å². The SMILES string of the molecule is CCN(CC)C(=O)C[C@H]1CC2(CCN(C(=O)C3CCC3)CC2)c2ccccc21. The first-order valence-corrected chi connectivity index (χ1v) is 11.2. The molecule has 0 aromatic heterocycles. The molecular formula is C24H34N2O2. The zero-order valence-corrected chi connectivity index (χ0v) is 17.5. The van der Waals surface area contributed by atoms with Crippen LogP contribution in [0.2, 0.25) is 0 Å². The molecule has 4 rings (SSSR count). The van der Waals surface area contributed by atoms with Crippen LogP contribution >= 0.6 is 0 Å². The van der Waals surface area contributed by atoms with E-state index >= 15 is 0 Å². The third-order valence-corrected chi connectivity index (χ3v) is 7.63. The van der Waals surface area contributed by atoms with E-state index in [1.54, 1.807) is 0 Å². The van der Waals surface area contributed by atoms with Gasteiger partial charge in [-0.1, -0.05) is 30.7 Å². The van der Waals surface area contributed by atoms with E-state index in [0.717, 1.165) is 58.3 Å². The lowest BCUT2D eigenvalue weighted by molar-refractivity contribution is -0.139. The van der Waals surface area contributed by atoms with E-state index in [-0.39, 0.29) is 11.3 Å². The van der Waals surface area contributed by atoms with Crippen LogP contribution in [-0.2, 0) is 15.0 Å². The number of amides is 2. The van der Waals surface area contributed by atoms with Gasteiger partial charge in [0, 0.05) is 38.5 Å². The van der Waals surface area contributed by atoms with Crippen LogP contribution in [0.4, 0.5) is 0 Å². The Bertz CT molecular complexity index is 728. The zero-order chi connectivity index (χ0) is 19.7. The molecule has 1 spiro atoms. The van der Waals surface area contributed by atoms with Crippen molar-refractivity contribution >= 4 is 11.8 Å². The molecule has 1 atom stereocenters. The molecule has 0 unspecified atom stereocenters. The van der Waals surface area contributed by atoms with Crippen LogP contribution in [0, 0.1) is 5.92 Å². The minimum Gasteiger partial charge on any atom is -0.343 e. The van der Waals surface area contributed by atoms with Crippen molar-refractivity contribution in [2.24, 2.45) is 5.92 Å². The Labute approximate surface area is 169 Å². The monoisotopic (exact) mass is 382 g/mol. The first kappa shape index (κ1) is 19.5. The van der Waals surface area contributed by atoms with Gasteiger partial charge in [0.1, 0.15) is 0 Å². The molecule has 2 aliphatic carbocycles. The number of piperidine rings is 1. The van der Waals surface area contributed by atoms with E-state index in [9.17, 15) is 9.59 Å². The Hall–Kier alpha value is -1.84. The summed E-state index contributed by atoms with van der Waals surface area (Å²) in [7, 11) is 0. The van der Waals surface area contributed by atoms with Gasteiger partial charge in [0.15, 0.2) is 0 Å². The summed E-state index contributed by atoms with van der Waals surface area (Å²) in [6.45, 7) is 7.43. The van der Waals surface area contributed by atoms with Crippen molar-refractivity contribution in [3.63, 3.8) is 0 Å². The summed E-state index contributed by atoms with van der Waals surface area (Å²) in [5.41, 5.74) is 2.98. The summed E-state index contributed by atoms with van der Waals surface area (Å²) in [6, 6.07) is 8.76. The van der Waals surface area contributed by atoms with E-state index in [1.807, 2.05) is 4.90 Å². The summed E-state index contributed by atoms with van der Waals surface area (Å²) >= 11 is 0. The largest absolute Gasteiger partial charge is 0.343 e. The Morgan fingerprint density at radius 1 is 1.11 bits per heavy atom. The average molecular weight is 383 g/mol. The summed E-state index contributed by atoms with van der Waals surface area (Å²) in [5, 5.41) is 0. The van der Waals surface area contributed by atoms with Crippen LogP contribution in [-0.4, -0.2) is 47.8 Å². The lowest BCUT2D eigenvalue weighted by atomic mass is 9.72. The Balaban J connectivity index is 1.48. The molecular weight excluding hydrogens is 348 g/mol. The highest BCUT2D eigenvalue weighted by molar-refractivity contribution is 5.80. The lowest BCUT2D eigenvalue weighted by Gasteiger charge is -2.42. The standard InChI is InChI=1S/C24H34N2O2/c1-3-25(4-2)22(27)16-19-17-24(21-11-6-5-10-20(19)21)12-14-26(15-13-24)23(28)18-8-7-9-18/h5-6,10-11,18-19H,3-4,7-9,12-17H2,1-2H3/t19-/m0/s1. The van der Waals surface area contributed by atoms with Crippen molar-refractivity contribution in [2.45, 2.75) is 70.1 Å². The first-order valence-electron chi connectivity index (χ1n) is 11.2. The smallest absolute Gasteiger partial charge is 0.225 e. The normalized spacial score (nSPS) is 23.4. The topological polar surface area (TPSA) is 40.6 Å². The molecule has 1 aliphatic heterocycles. The van der Waals surface area contributed by atoms with E-state index < -0.39 is 0 Å². The van der Waals surface area contributed by atoms with Crippen LogP contribution in [0.15, 0.2) is 24.3 Å². The molecule has 152 valence electrons. The van der Waals surface area contributed by atoms with E-state index in [4.69, 9.17) is 0 Å². The van der Waals surface area contributed by atoms with Gasteiger partial charge < -0.3 is 9.80 Å². The molecule has 4 nitrogen and oxygen atoms in total. The number of nitrogens with zero attached hydrogens (tertiary/aromatic N) is 2. The van der Waals surface area contributed by atoms with Crippen LogP contribution in [0.3, 0.4) is 0 Å². The molecule has 1 saturated carbocycles. The fraction of sp³-hybridized carbons (Fsp3) is 0.667. The van der Waals surface area contributed by atoms with E-state index in [0.29, 0.717) is 24.2 Å². The van der Waals surface area contributed by atoms with E-state index in [1.165, 1.54) is 17.5 Å². The van der Waals surface area contributed by atoms with Gasteiger partial charge in [-0.2, -0.15) is 0 Å². The van der Waals surface area contributed by atoms with Crippen LogP contribution < -0.4 is 0 Å². The van der Waals surface area contributed by atoms with Crippen LogP contribution in [0.25, 0.3) is 0 Å². The highest BCUT2D eigenvalue weighted by Gasteiger charge is 2.46. The molecule has 0 bridgehead atoms. The predicted octanol–water partition coefficient (Wildman–Crippen LogP) is 4.09. The van der Waals surface area contributed by atoms with Gasteiger partial charge in [-0.05, 0) is 68.4 Å². The molecule has 1 aromatic rings. The maximum atomic E-state index is 12.8. The number of carbonyl (C=O) groups excluding carboxylic acids is 2. The van der Waals surface area contributed by atoms with Crippen molar-refractivity contribution in [1.82, 2.24) is 9.80 Å². The minimum atomic E-state index is 0.154. The summed E-state index contributed by atoms with van der Waals surface area (Å²) < 4.78 is 0. The van der Waals surface area contributed by atoms with Gasteiger partial charge in [-0.3, -0.25) is 9.59 Å². The van der Waals surface area contributed by atoms with Gasteiger partial charge in [0.05, 0.1) is 0 Å². The number of likely N-dealkylation sites (tertiary alicyclic amines) is 1. The Kier molecular flexibility index (Phi) is 5.48. The second-order valence-electron chi connectivity index (χ2n) is 8.99. The van der Waals surface area contributed by atoms with Gasteiger partial charge in [-0.15, -0.1) is 0 Å². The van der Waals surface area contributed by atoms with Gasteiger partial charge >= 0.3 is 0 Å². The van der Waals surface area contributed by atoms with Crippen molar-refractivity contribution in [2.75, 3.05) is 26.2 Å². The molecule has 1 aromatic carbocycles. The number of benzene rings is 1. The quantitative estimate of drug-likeness (QED) is 0.769. The first-order chi connectivity index (χ1) is 13.6. The predicted molar refractivity (Wildman–Crippen MR) is 111 cm³/mol. The molecule has 28 heavy (non-hydrogen) atoms. The lowest BCUT2D eigenvalue weighted by Crippen LogP contribution is -2.47. The Morgan fingerprint density at radius 2 is 1.79 bits per heavy atom. The third kappa shape index (κ3) is 3.35. The number of hydrogen-bond acceptors (Lipinski definition) is 2. The summed E-state index contributed by atoms with van der Waals surface area (Å²) in [6.07, 6.45) is 7.13. The second-order valence-corrected chi connectivity index (χ2v) is 8.99. The summed E-state index contributed by atoms with van der Waals surface area (Å²) in [4.78, 5) is 29.5. The second kappa shape index (κ2) is 7.88. The molecule has 0 radical (unpaired) electrons. The Morgan fingerprint density at radius 3 is 2.39 bits per heavy atom. The number of fused-ring (bicyclic) bond motifs is 2. The highest BCUT2D eigenvalue weighted by atomic mass is 16.2. The highest BCUT2D eigenvalue weighted by Crippen LogP contribution is 2.53. The van der Waals surface area contributed by atoms with Gasteiger partial charge in [0.25, 0.3) is 0 Å². The molecule has 0 N–H and O–H groups in total. The zero-order valence-electron chi connectivity index (χ0n) is 17.5. The maximum Gasteiger partial charge on any atom is 0.225 e. The fourth-order valence-electron chi connectivity index (χ4n) is 5.67. The van der Waals surface area contributed by atoms with Crippen molar-refractivity contribution in [3.8, 4) is 0 Å². The molecule has 2 fully saturated rings.